The van der Waals surface area contributed by atoms with Crippen molar-refractivity contribution in [2.45, 2.75) is 38.1 Å². The first-order chi connectivity index (χ1) is 9.28. The summed E-state index contributed by atoms with van der Waals surface area (Å²) in [6, 6.07) is 6.07. The van der Waals surface area contributed by atoms with Crippen molar-refractivity contribution >= 4 is 11.7 Å². The molecule has 0 aromatic heterocycles. The molecule has 1 aromatic rings. The number of nitrogens with one attached hydrogen (secondary N) is 1. The maximum atomic E-state index is 12.2. The number of nitrogens with zero attached hydrogens (tertiary/aromatic N) is 1. The smallest absolute Gasteiger partial charge is 0.322 e. The molecular weight excluding hydrogens is 240 g/mol. The van der Waals surface area contributed by atoms with Crippen LogP contribution in [0.4, 0.5) is 10.5 Å². The fraction of sp³-hybridized carbons (Fsp3) is 0.533. The number of rotatable bonds is 2. The van der Waals surface area contributed by atoms with E-state index in [1.165, 1.54) is 17.5 Å². The Hall–Kier alpha value is -1.55. The predicted octanol–water partition coefficient (Wildman–Crippen LogP) is 2.16. The van der Waals surface area contributed by atoms with Gasteiger partial charge in [-0.15, -0.1) is 0 Å². The topological polar surface area (TPSA) is 52.6 Å². The van der Waals surface area contributed by atoms with E-state index in [0.29, 0.717) is 0 Å². The van der Waals surface area contributed by atoms with Crippen LogP contribution in [0.1, 0.15) is 30.4 Å². The zero-order chi connectivity index (χ0) is 13.2. The lowest BCUT2D eigenvalue weighted by Crippen LogP contribution is -2.40. The van der Waals surface area contributed by atoms with Crippen molar-refractivity contribution in [2.24, 2.45) is 0 Å². The van der Waals surface area contributed by atoms with Crippen LogP contribution in [0.15, 0.2) is 18.2 Å². The monoisotopic (exact) mass is 260 g/mol. The third kappa shape index (κ3) is 2.45. The number of urea groups is 1. The largest absolute Gasteiger partial charge is 0.394 e. The Morgan fingerprint density at radius 2 is 2.16 bits per heavy atom. The molecule has 1 aliphatic heterocycles. The van der Waals surface area contributed by atoms with Gasteiger partial charge in [-0.3, -0.25) is 0 Å². The average molecular weight is 260 g/mol. The third-order valence-corrected chi connectivity index (χ3v) is 4.20. The summed E-state index contributed by atoms with van der Waals surface area (Å²) in [5.41, 5.74) is 3.64. The van der Waals surface area contributed by atoms with Gasteiger partial charge in [-0.2, -0.15) is 0 Å². The number of benzene rings is 1. The Morgan fingerprint density at radius 3 is 3.00 bits per heavy atom. The molecule has 1 fully saturated rings. The van der Waals surface area contributed by atoms with Crippen LogP contribution in [0.25, 0.3) is 0 Å². The van der Waals surface area contributed by atoms with Gasteiger partial charge in [0.2, 0.25) is 0 Å². The van der Waals surface area contributed by atoms with Crippen LogP contribution >= 0.6 is 0 Å². The molecule has 1 heterocycles. The van der Waals surface area contributed by atoms with Gasteiger partial charge in [-0.1, -0.05) is 6.07 Å². The van der Waals surface area contributed by atoms with Crippen LogP contribution in [-0.4, -0.2) is 35.2 Å². The molecule has 1 aromatic carbocycles. The van der Waals surface area contributed by atoms with Crippen LogP contribution in [0.2, 0.25) is 0 Å². The number of carbonyl (C=O) groups is 1. The Balaban J connectivity index is 1.69. The summed E-state index contributed by atoms with van der Waals surface area (Å²) < 4.78 is 0. The molecular formula is C15H20N2O2. The highest BCUT2D eigenvalue weighted by atomic mass is 16.3. The van der Waals surface area contributed by atoms with Gasteiger partial charge < -0.3 is 15.3 Å². The van der Waals surface area contributed by atoms with E-state index < -0.39 is 0 Å². The summed E-state index contributed by atoms with van der Waals surface area (Å²) in [6.45, 7) is 0.791. The second-order valence-electron chi connectivity index (χ2n) is 5.44. The molecule has 0 spiro atoms. The lowest BCUT2D eigenvalue weighted by atomic mass is 10.1. The van der Waals surface area contributed by atoms with Gasteiger partial charge in [0.1, 0.15) is 0 Å². The number of carbonyl (C=O) groups excluding carboxylic acids is 1. The van der Waals surface area contributed by atoms with E-state index in [1.807, 2.05) is 6.07 Å². The fourth-order valence-corrected chi connectivity index (χ4v) is 3.14. The van der Waals surface area contributed by atoms with E-state index >= 15 is 0 Å². The number of aryl methyl sites for hydroxylation is 2. The summed E-state index contributed by atoms with van der Waals surface area (Å²) in [5.74, 6) is 0. The highest BCUT2D eigenvalue weighted by Crippen LogP contribution is 2.25. The van der Waals surface area contributed by atoms with E-state index in [9.17, 15) is 9.90 Å². The van der Waals surface area contributed by atoms with Crippen molar-refractivity contribution in [3.05, 3.63) is 29.3 Å². The van der Waals surface area contributed by atoms with Crippen LogP contribution in [0.3, 0.4) is 0 Å². The molecule has 2 amide bonds. The van der Waals surface area contributed by atoms with E-state index in [-0.39, 0.29) is 18.7 Å². The van der Waals surface area contributed by atoms with E-state index in [4.69, 9.17) is 0 Å². The fourth-order valence-electron chi connectivity index (χ4n) is 3.14. The van der Waals surface area contributed by atoms with Gasteiger partial charge >= 0.3 is 6.03 Å². The molecule has 4 nitrogen and oxygen atoms in total. The van der Waals surface area contributed by atoms with Crippen LogP contribution < -0.4 is 5.32 Å². The van der Waals surface area contributed by atoms with Crippen molar-refractivity contribution in [1.82, 2.24) is 4.90 Å². The Morgan fingerprint density at radius 1 is 1.32 bits per heavy atom. The molecule has 4 heteroatoms. The van der Waals surface area contributed by atoms with Crippen LogP contribution in [0.5, 0.6) is 0 Å². The molecule has 0 saturated carbocycles. The maximum Gasteiger partial charge on any atom is 0.322 e. The summed E-state index contributed by atoms with van der Waals surface area (Å²) >= 11 is 0. The maximum absolute atomic E-state index is 12.2. The molecule has 3 rings (SSSR count). The minimum Gasteiger partial charge on any atom is -0.394 e. The summed E-state index contributed by atoms with van der Waals surface area (Å²) in [4.78, 5) is 13.9. The molecule has 1 atom stereocenters. The molecule has 19 heavy (non-hydrogen) atoms. The number of anilines is 1. The third-order valence-electron chi connectivity index (χ3n) is 4.20. The van der Waals surface area contributed by atoms with Crippen molar-refractivity contribution in [3.63, 3.8) is 0 Å². The first-order valence-corrected chi connectivity index (χ1v) is 7.08. The number of fused-ring (bicyclic) bond motifs is 1. The number of aliphatic hydroxyl groups excluding tert-OH is 1. The molecule has 2 aliphatic rings. The van der Waals surface area contributed by atoms with Crippen molar-refractivity contribution in [3.8, 4) is 0 Å². The van der Waals surface area contributed by atoms with Crippen molar-refractivity contribution in [1.29, 1.82) is 0 Å². The Bertz CT molecular complexity index is 487. The second kappa shape index (κ2) is 5.21. The highest BCUT2D eigenvalue weighted by molar-refractivity contribution is 5.89. The van der Waals surface area contributed by atoms with Gasteiger partial charge in [0.05, 0.1) is 12.6 Å². The molecule has 1 aliphatic carbocycles. The minimum absolute atomic E-state index is 0.0190. The van der Waals surface area contributed by atoms with Gasteiger partial charge in [0.15, 0.2) is 0 Å². The summed E-state index contributed by atoms with van der Waals surface area (Å²) in [5, 5.41) is 12.2. The predicted molar refractivity (Wildman–Crippen MR) is 74.3 cm³/mol. The quantitative estimate of drug-likeness (QED) is 0.856. The van der Waals surface area contributed by atoms with Crippen LogP contribution in [0, 0.1) is 0 Å². The number of hydrogen-bond donors (Lipinski definition) is 2. The first-order valence-electron chi connectivity index (χ1n) is 7.08. The Labute approximate surface area is 113 Å². The van der Waals surface area contributed by atoms with Gasteiger partial charge in [0.25, 0.3) is 0 Å². The number of hydrogen-bond acceptors (Lipinski definition) is 2. The normalized spacial score (nSPS) is 21.5. The highest BCUT2D eigenvalue weighted by Gasteiger charge is 2.28. The van der Waals surface area contributed by atoms with E-state index in [1.54, 1.807) is 4.90 Å². The molecule has 1 saturated heterocycles. The second-order valence-corrected chi connectivity index (χ2v) is 5.44. The Kier molecular flexibility index (Phi) is 3.42. The molecule has 102 valence electrons. The molecule has 0 radical (unpaired) electrons. The van der Waals surface area contributed by atoms with E-state index in [2.05, 4.69) is 17.4 Å². The van der Waals surface area contributed by atoms with Crippen molar-refractivity contribution in [2.75, 3.05) is 18.5 Å². The minimum atomic E-state index is -0.0884. The summed E-state index contributed by atoms with van der Waals surface area (Å²) in [7, 11) is 0. The van der Waals surface area contributed by atoms with Gasteiger partial charge in [-0.05, 0) is 55.4 Å². The number of amides is 2. The standard InChI is InChI=1S/C15H20N2O2/c18-10-14-5-2-8-17(14)15(19)16-13-7-6-11-3-1-4-12(11)9-13/h6-7,9,14,18H,1-5,8,10H2,(H,16,19)/t14-/m0/s1. The number of likely N-dealkylation sites (tertiary alicyclic amines) is 1. The lowest BCUT2D eigenvalue weighted by Gasteiger charge is -2.23. The SMILES string of the molecule is O=C(Nc1ccc2c(c1)CCC2)N1CCC[C@H]1CO. The van der Waals surface area contributed by atoms with Gasteiger partial charge in [-0.25, -0.2) is 4.79 Å². The molecule has 0 bridgehead atoms. The first kappa shape index (κ1) is 12.5. The van der Waals surface area contributed by atoms with E-state index in [0.717, 1.165) is 37.9 Å². The summed E-state index contributed by atoms with van der Waals surface area (Å²) in [6.07, 6.45) is 5.35. The zero-order valence-electron chi connectivity index (χ0n) is 11.1. The zero-order valence-corrected chi connectivity index (χ0v) is 11.1. The number of aliphatic hydroxyl groups is 1. The molecule has 2 N–H and O–H groups in total. The van der Waals surface area contributed by atoms with Crippen LogP contribution in [-0.2, 0) is 12.8 Å². The van der Waals surface area contributed by atoms with Crippen molar-refractivity contribution < 1.29 is 9.90 Å². The molecule has 0 unspecified atom stereocenters. The average Bonchev–Trinajstić information content (AvgIpc) is 3.06. The lowest BCUT2D eigenvalue weighted by molar-refractivity contribution is 0.166. The van der Waals surface area contributed by atoms with Gasteiger partial charge in [0, 0.05) is 12.2 Å².